The molecule has 0 bridgehead atoms. The van der Waals surface area contributed by atoms with Gasteiger partial charge in [-0.05, 0) is 48.9 Å². The third-order valence-electron chi connectivity index (χ3n) is 5.32. The number of hydrogen-bond acceptors (Lipinski definition) is 4. The van der Waals surface area contributed by atoms with Crippen LogP contribution in [0.4, 0.5) is 15.8 Å². The molecule has 3 aromatic carbocycles. The lowest BCUT2D eigenvalue weighted by Crippen LogP contribution is -2.36. The van der Waals surface area contributed by atoms with Gasteiger partial charge in [-0.2, -0.15) is 0 Å². The van der Waals surface area contributed by atoms with Crippen LogP contribution in [0.15, 0.2) is 72.8 Å². The molecule has 7 heteroatoms. The summed E-state index contributed by atoms with van der Waals surface area (Å²) in [6, 6.07) is 20.9. The molecular weight excluding hydrogens is 409 g/mol. The van der Waals surface area contributed by atoms with Crippen molar-refractivity contribution >= 4 is 23.2 Å². The van der Waals surface area contributed by atoms with Crippen molar-refractivity contribution in [2.45, 2.75) is 20.0 Å². The standard InChI is InChI=1S/C25H24FN3O3/c1-17-5-11-22(12-6-17)29-15-19(13-24(29)30)25(31)28-27-21-3-2-4-23(14-21)32-16-18-7-9-20(26)10-8-18/h2-12,14,19,27H,13,15-16H2,1H3,(H,28,31)/t19-/m0/s1. The molecule has 2 N–H and O–H groups in total. The maximum absolute atomic E-state index is 13.0. The molecule has 0 unspecified atom stereocenters. The smallest absolute Gasteiger partial charge is 0.243 e. The largest absolute Gasteiger partial charge is 0.489 e. The van der Waals surface area contributed by atoms with E-state index in [0.717, 1.165) is 16.8 Å². The molecule has 1 saturated heterocycles. The molecule has 1 aliphatic heterocycles. The summed E-state index contributed by atoms with van der Waals surface area (Å²) in [7, 11) is 0. The van der Waals surface area contributed by atoms with Crippen LogP contribution in [0.25, 0.3) is 0 Å². The third-order valence-corrected chi connectivity index (χ3v) is 5.32. The number of aryl methyl sites for hydroxylation is 1. The Morgan fingerprint density at radius 3 is 2.59 bits per heavy atom. The fraction of sp³-hybridized carbons (Fsp3) is 0.200. The molecule has 4 rings (SSSR count). The minimum Gasteiger partial charge on any atom is -0.489 e. The summed E-state index contributed by atoms with van der Waals surface area (Å²) in [4.78, 5) is 26.6. The van der Waals surface area contributed by atoms with Crippen LogP contribution in [0, 0.1) is 18.7 Å². The van der Waals surface area contributed by atoms with E-state index < -0.39 is 5.92 Å². The molecule has 1 heterocycles. The molecule has 0 saturated carbocycles. The van der Waals surface area contributed by atoms with E-state index in [4.69, 9.17) is 4.74 Å². The predicted molar refractivity (Wildman–Crippen MR) is 121 cm³/mol. The molecule has 164 valence electrons. The first-order chi connectivity index (χ1) is 15.5. The maximum Gasteiger partial charge on any atom is 0.243 e. The summed E-state index contributed by atoms with van der Waals surface area (Å²) < 4.78 is 18.7. The monoisotopic (exact) mass is 433 g/mol. The van der Waals surface area contributed by atoms with E-state index >= 15 is 0 Å². The first-order valence-corrected chi connectivity index (χ1v) is 10.4. The maximum atomic E-state index is 13.0. The quantitative estimate of drug-likeness (QED) is 0.548. The van der Waals surface area contributed by atoms with Gasteiger partial charge in [-0.15, -0.1) is 0 Å². The van der Waals surface area contributed by atoms with Crippen LogP contribution in [0.3, 0.4) is 0 Å². The highest BCUT2D eigenvalue weighted by molar-refractivity contribution is 6.00. The van der Waals surface area contributed by atoms with E-state index in [1.54, 1.807) is 41.3 Å². The molecular formula is C25H24FN3O3. The summed E-state index contributed by atoms with van der Waals surface area (Å²) in [5.41, 5.74) is 8.98. The molecule has 0 radical (unpaired) electrons. The van der Waals surface area contributed by atoms with Crippen LogP contribution in [0.5, 0.6) is 5.75 Å². The van der Waals surface area contributed by atoms with Crippen LogP contribution in [0.1, 0.15) is 17.5 Å². The Balaban J connectivity index is 1.30. The topological polar surface area (TPSA) is 70.7 Å². The molecule has 1 atom stereocenters. The number of halogens is 1. The first-order valence-electron chi connectivity index (χ1n) is 10.4. The van der Waals surface area contributed by atoms with Crippen molar-refractivity contribution in [3.05, 3.63) is 89.7 Å². The normalized spacial score (nSPS) is 15.5. The predicted octanol–water partition coefficient (Wildman–Crippen LogP) is 4.21. The number of carbonyl (C=O) groups excluding carboxylic acids is 2. The summed E-state index contributed by atoms with van der Waals surface area (Å²) in [6.07, 6.45) is 0.169. The van der Waals surface area contributed by atoms with E-state index in [1.165, 1.54) is 12.1 Å². The average molecular weight is 433 g/mol. The Labute approximate surface area is 186 Å². The molecule has 3 aromatic rings. The third kappa shape index (κ3) is 5.24. The van der Waals surface area contributed by atoms with Gasteiger partial charge in [0.05, 0.1) is 11.6 Å². The number of carbonyl (C=O) groups is 2. The zero-order valence-corrected chi connectivity index (χ0v) is 17.7. The molecule has 2 amide bonds. The van der Waals surface area contributed by atoms with E-state index in [2.05, 4.69) is 10.9 Å². The Kier molecular flexibility index (Phi) is 6.35. The highest BCUT2D eigenvalue weighted by Crippen LogP contribution is 2.25. The molecule has 1 fully saturated rings. The second kappa shape index (κ2) is 9.51. The van der Waals surface area contributed by atoms with E-state index in [1.807, 2.05) is 31.2 Å². The number of amides is 2. The second-order valence-electron chi connectivity index (χ2n) is 7.80. The van der Waals surface area contributed by atoms with Crippen LogP contribution in [0.2, 0.25) is 0 Å². The number of nitrogens with one attached hydrogen (secondary N) is 2. The molecule has 6 nitrogen and oxygen atoms in total. The van der Waals surface area contributed by atoms with E-state index in [9.17, 15) is 14.0 Å². The van der Waals surface area contributed by atoms with Gasteiger partial charge < -0.3 is 9.64 Å². The average Bonchev–Trinajstić information content (AvgIpc) is 3.19. The van der Waals surface area contributed by atoms with E-state index in [0.29, 0.717) is 24.6 Å². The number of anilines is 2. The molecule has 0 aromatic heterocycles. The van der Waals surface area contributed by atoms with Gasteiger partial charge in [0.2, 0.25) is 11.8 Å². The number of hydrazine groups is 1. The lowest BCUT2D eigenvalue weighted by molar-refractivity contribution is -0.125. The van der Waals surface area contributed by atoms with Crippen molar-refractivity contribution in [2.75, 3.05) is 16.9 Å². The van der Waals surface area contributed by atoms with Crippen molar-refractivity contribution in [3.8, 4) is 5.75 Å². The Morgan fingerprint density at radius 1 is 1.09 bits per heavy atom. The van der Waals surface area contributed by atoms with Crippen molar-refractivity contribution < 1.29 is 18.7 Å². The van der Waals surface area contributed by atoms with Crippen molar-refractivity contribution in [1.29, 1.82) is 0 Å². The van der Waals surface area contributed by atoms with Crippen LogP contribution in [-0.4, -0.2) is 18.4 Å². The molecule has 0 spiro atoms. The lowest BCUT2D eigenvalue weighted by atomic mass is 10.1. The van der Waals surface area contributed by atoms with Crippen molar-refractivity contribution in [1.82, 2.24) is 5.43 Å². The zero-order valence-electron chi connectivity index (χ0n) is 17.7. The molecule has 32 heavy (non-hydrogen) atoms. The van der Waals surface area contributed by atoms with Gasteiger partial charge in [-0.25, -0.2) is 4.39 Å². The minimum atomic E-state index is -0.436. The second-order valence-corrected chi connectivity index (χ2v) is 7.80. The number of ether oxygens (including phenoxy) is 1. The van der Waals surface area contributed by atoms with Crippen molar-refractivity contribution in [2.24, 2.45) is 5.92 Å². The van der Waals surface area contributed by atoms with Gasteiger partial charge in [0.1, 0.15) is 18.2 Å². The first kappa shape index (κ1) is 21.4. The lowest BCUT2D eigenvalue weighted by Gasteiger charge is -2.17. The highest BCUT2D eigenvalue weighted by atomic mass is 19.1. The van der Waals surface area contributed by atoms with Gasteiger partial charge in [0, 0.05) is 24.7 Å². The van der Waals surface area contributed by atoms with Crippen LogP contribution >= 0.6 is 0 Å². The van der Waals surface area contributed by atoms with Gasteiger partial charge in [-0.1, -0.05) is 35.9 Å². The number of benzene rings is 3. The van der Waals surface area contributed by atoms with Crippen LogP contribution < -0.4 is 20.5 Å². The molecule has 1 aliphatic rings. The highest BCUT2D eigenvalue weighted by Gasteiger charge is 2.35. The molecule has 0 aliphatic carbocycles. The summed E-state index contributed by atoms with van der Waals surface area (Å²) in [6.45, 7) is 2.63. The Hall–Kier alpha value is -3.87. The van der Waals surface area contributed by atoms with Gasteiger partial charge in [0.15, 0.2) is 0 Å². The van der Waals surface area contributed by atoms with Gasteiger partial charge in [-0.3, -0.25) is 20.4 Å². The van der Waals surface area contributed by atoms with Gasteiger partial charge in [0.25, 0.3) is 0 Å². The number of hydrogen-bond donors (Lipinski definition) is 2. The summed E-state index contributed by atoms with van der Waals surface area (Å²) in [5, 5.41) is 0. The minimum absolute atomic E-state index is 0.0646. The van der Waals surface area contributed by atoms with Crippen LogP contribution in [-0.2, 0) is 16.2 Å². The summed E-state index contributed by atoms with van der Waals surface area (Å²) >= 11 is 0. The van der Waals surface area contributed by atoms with Crippen molar-refractivity contribution in [3.63, 3.8) is 0 Å². The number of rotatable bonds is 7. The Bertz CT molecular complexity index is 1100. The summed E-state index contributed by atoms with van der Waals surface area (Å²) in [5.74, 6) is -0.429. The fourth-order valence-corrected chi connectivity index (χ4v) is 3.50. The van der Waals surface area contributed by atoms with E-state index in [-0.39, 0.29) is 24.1 Å². The SMILES string of the molecule is Cc1ccc(N2C[C@@H](C(=O)NNc3cccc(OCc4ccc(F)cc4)c3)CC2=O)cc1. The van der Waals surface area contributed by atoms with Gasteiger partial charge >= 0.3 is 0 Å². The number of nitrogens with zero attached hydrogens (tertiary/aromatic N) is 1. The fourth-order valence-electron chi connectivity index (χ4n) is 3.50. The Morgan fingerprint density at radius 2 is 1.84 bits per heavy atom. The zero-order chi connectivity index (χ0) is 22.5.